The summed E-state index contributed by atoms with van der Waals surface area (Å²) in [4.78, 5) is 13.7. The summed E-state index contributed by atoms with van der Waals surface area (Å²) in [5, 5.41) is 14.0. The maximum atomic E-state index is 12.9. The number of halogens is 2. The predicted octanol–water partition coefficient (Wildman–Crippen LogP) is 0.777. The SMILES string of the molecule is CCC1C(=O)NCCN1c1ccc2nnc(C(F)F)n2n1. The van der Waals surface area contributed by atoms with Crippen LogP contribution in [0, 0.1) is 0 Å². The van der Waals surface area contributed by atoms with Gasteiger partial charge in [0.15, 0.2) is 5.65 Å². The first kappa shape index (κ1) is 13.7. The number of hydrogen-bond acceptors (Lipinski definition) is 5. The lowest BCUT2D eigenvalue weighted by molar-refractivity contribution is -0.123. The highest BCUT2D eigenvalue weighted by Crippen LogP contribution is 2.21. The fourth-order valence-electron chi connectivity index (χ4n) is 2.48. The molecule has 1 unspecified atom stereocenters. The van der Waals surface area contributed by atoms with Gasteiger partial charge in [0.05, 0.1) is 0 Å². The largest absolute Gasteiger partial charge is 0.353 e. The molecule has 0 bridgehead atoms. The van der Waals surface area contributed by atoms with Crippen LogP contribution in [-0.2, 0) is 4.79 Å². The van der Waals surface area contributed by atoms with Gasteiger partial charge in [-0.3, -0.25) is 4.79 Å². The quantitative estimate of drug-likeness (QED) is 0.905. The minimum atomic E-state index is -2.76. The summed E-state index contributed by atoms with van der Waals surface area (Å²) < 4.78 is 26.8. The van der Waals surface area contributed by atoms with Gasteiger partial charge in [0.25, 0.3) is 6.43 Å². The summed E-state index contributed by atoms with van der Waals surface area (Å²) >= 11 is 0. The minimum absolute atomic E-state index is 0.0801. The molecule has 1 atom stereocenters. The standard InChI is InChI=1S/C12H14F2N6O/c1-2-7-12(21)15-5-6-19(7)9-4-3-8-16-17-11(10(13)14)20(8)18-9/h3-4,7,10H,2,5-6H2,1H3,(H,15,21). The topological polar surface area (TPSA) is 75.4 Å². The van der Waals surface area contributed by atoms with Gasteiger partial charge in [-0.2, -0.15) is 4.52 Å². The molecule has 7 nitrogen and oxygen atoms in total. The Hall–Kier alpha value is -2.32. The van der Waals surface area contributed by atoms with E-state index in [0.717, 1.165) is 4.52 Å². The minimum Gasteiger partial charge on any atom is -0.353 e. The van der Waals surface area contributed by atoms with E-state index >= 15 is 0 Å². The van der Waals surface area contributed by atoms with Crippen LogP contribution in [0.3, 0.4) is 0 Å². The Labute approximate surface area is 118 Å². The van der Waals surface area contributed by atoms with Crippen molar-refractivity contribution in [2.75, 3.05) is 18.0 Å². The van der Waals surface area contributed by atoms with Gasteiger partial charge in [0, 0.05) is 13.1 Å². The van der Waals surface area contributed by atoms with Crippen LogP contribution in [-0.4, -0.2) is 44.8 Å². The molecular formula is C12H14F2N6O. The average molecular weight is 296 g/mol. The molecule has 0 spiro atoms. The van der Waals surface area contributed by atoms with E-state index in [0.29, 0.717) is 25.3 Å². The van der Waals surface area contributed by atoms with Gasteiger partial charge < -0.3 is 10.2 Å². The molecule has 21 heavy (non-hydrogen) atoms. The molecule has 2 aromatic rings. The third-order valence-corrected chi connectivity index (χ3v) is 3.48. The Kier molecular flexibility index (Phi) is 3.40. The van der Waals surface area contributed by atoms with Crippen molar-refractivity contribution in [3.05, 3.63) is 18.0 Å². The fourth-order valence-corrected chi connectivity index (χ4v) is 2.48. The van der Waals surface area contributed by atoms with Crippen molar-refractivity contribution >= 4 is 17.4 Å². The number of rotatable bonds is 3. The molecule has 0 saturated carbocycles. The molecule has 1 fully saturated rings. The van der Waals surface area contributed by atoms with Gasteiger partial charge in [-0.1, -0.05) is 6.92 Å². The Morgan fingerprint density at radius 1 is 1.43 bits per heavy atom. The summed E-state index contributed by atoms with van der Waals surface area (Å²) in [7, 11) is 0. The number of aromatic nitrogens is 4. The van der Waals surface area contributed by atoms with Crippen LogP contribution in [0.4, 0.5) is 14.6 Å². The fraction of sp³-hybridized carbons (Fsp3) is 0.500. The zero-order valence-corrected chi connectivity index (χ0v) is 11.3. The van der Waals surface area contributed by atoms with Crippen molar-refractivity contribution in [3.63, 3.8) is 0 Å². The van der Waals surface area contributed by atoms with Crippen LogP contribution < -0.4 is 10.2 Å². The van der Waals surface area contributed by atoms with E-state index in [2.05, 4.69) is 20.6 Å². The van der Waals surface area contributed by atoms with Gasteiger partial charge in [-0.15, -0.1) is 15.3 Å². The molecule has 0 aromatic carbocycles. The van der Waals surface area contributed by atoms with Crippen LogP contribution in [0.2, 0.25) is 0 Å². The highest BCUT2D eigenvalue weighted by molar-refractivity contribution is 5.86. The zero-order valence-electron chi connectivity index (χ0n) is 11.3. The lowest BCUT2D eigenvalue weighted by atomic mass is 10.1. The summed E-state index contributed by atoms with van der Waals surface area (Å²) in [6, 6.07) is 2.89. The van der Waals surface area contributed by atoms with E-state index in [1.54, 1.807) is 12.1 Å². The molecule has 3 heterocycles. The van der Waals surface area contributed by atoms with E-state index in [1.165, 1.54) is 0 Å². The number of nitrogens with zero attached hydrogens (tertiary/aromatic N) is 5. The zero-order chi connectivity index (χ0) is 15.0. The van der Waals surface area contributed by atoms with Gasteiger partial charge in [0.1, 0.15) is 11.9 Å². The number of hydrogen-bond donors (Lipinski definition) is 1. The van der Waals surface area contributed by atoms with Gasteiger partial charge in [-0.25, -0.2) is 8.78 Å². The second-order valence-electron chi connectivity index (χ2n) is 4.73. The number of piperazine rings is 1. The highest BCUT2D eigenvalue weighted by Gasteiger charge is 2.29. The van der Waals surface area contributed by atoms with Crippen LogP contribution in [0.15, 0.2) is 12.1 Å². The van der Waals surface area contributed by atoms with Crippen molar-refractivity contribution in [2.24, 2.45) is 0 Å². The lowest BCUT2D eigenvalue weighted by Gasteiger charge is -2.35. The predicted molar refractivity (Wildman–Crippen MR) is 70.2 cm³/mol. The molecule has 1 N–H and O–H groups in total. The number of alkyl halides is 2. The first-order valence-electron chi connectivity index (χ1n) is 6.66. The van der Waals surface area contributed by atoms with Crippen molar-refractivity contribution in [1.29, 1.82) is 0 Å². The highest BCUT2D eigenvalue weighted by atomic mass is 19.3. The average Bonchev–Trinajstić information content (AvgIpc) is 2.90. The first-order chi connectivity index (χ1) is 10.1. The van der Waals surface area contributed by atoms with E-state index in [1.807, 2.05) is 11.8 Å². The van der Waals surface area contributed by atoms with E-state index in [9.17, 15) is 13.6 Å². The molecular weight excluding hydrogens is 282 g/mol. The van der Waals surface area contributed by atoms with Crippen molar-refractivity contribution in [2.45, 2.75) is 25.8 Å². The van der Waals surface area contributed by atoms with Gasteiger partial charge in [0.2, 0.25) is 11.7 Å². The molecule has 1 aliphatic heterocycles. The number of nitrogens with one attached hydrogen (secondary N) is 1. The second kappa shape index (κ2) is 5.23. The summed E-state index contributed by atoms with van der Waals surface area (Å²) in [5.74, 6) is -0.115. The van der Waals surface area contributed by atoms with E-state index < -0.39 is 12.2 Å². The number of carbonyl (C=O) groups is 1. The molecule has 0 aliphatic carbocycles. The van der Waals surface area contributed by atoms with Crippen LogP contribution >= 0.6 is 0 Å². The third-order valence-electron chi connectivity index (χ3n) is 3.48. The van der Waals surface area contributed by atoms with Crippen molar-refractivity contribution < 1.29 is 13.6 Å². The lowest BCUT2D eigenvalue weighted by Crippen LogP contribution is -2.55. The number of amides is 1. The van der Waals surface area contributed by atoms with Gasteiger partial charge in [-0.05, 0) is 18.6 Å². The molecule has 2 aromatic heterocycles. The van der Waals surface area contributed by atoms with Crippen LogP contribution in [0.5, 0.6) is 0 Å². The smallest absolute Gasteiger partial charge is 0.299 e. The summed E-state index contributed by atoms with van der Waals surface area (Å²) in [6.07, 6.45) is -2.15. The molecule has 3 rings (SSSR count). The van der Waals surface area contributed by atoms with E-state index in [-0.39, 0.29) is 17.6 Å². The first-order valence-corrected chi connectivity index (χ1v) is 6.66. The Balaban J connectivity index is 2.03. The Bertz CT molecular complexity index is 673. The second-order valence-corrected chi connectivity index (χ2v) is 4.73. The molecule has 1 saturated heterocycles. The van der Waals surface area contributed by atoms with Crippen molar-refractivity contribution in [3.8, 4) is 0 Å². The molecule has 112 valence electrons. The molecule has 1 amide bonds. The summed E-state index contributed by atoms with van der Waals surface area (Å²) in [6.45, 7) is 2.97. The molecule has 0 radical (unpaired) electrons. The maximum Gasteiger partial charge on any atom is 0.299 e. The Morgan fingerprint density at radius 3 is 2.95 bits per heavy atom. The molecule has 9 heteroatoms. The summed E-state index contributed by atoms with van der Waals surface area (Å²) in [5.41, 5.74) is 0.253. The maximum absolute atomic E-state index is 12.9. The Morgan fingerprint density at radius 2 is 2.24 bits per heavy atom. The normalized spacial score (nSPS) is 19.3. The number of carbonyl (C=O) groups excluding carboxylic acids is 1. The molecule has 1 aliphatic rings. The van der Waals surface area contributed by atoms with Crippen molar-refractivity contribution in [1.82, 2.24) is 25.1 Å². The monoisotopic (exact) mass is 296 g/mol. The van der Waals surface area contributed by atoms with Gasteiger partial charge >= 0.3 is 0 Å². The van der Waals surface area contributed by atoms with Crippen LogP contribution in [0.25, 0.3) is 5.65 Å². The van der Waals surface area contributed by atoms with Crippen LogP contribution in [0.1, 0.15) is 25.6 Å². The number of anilines is 1. The van der Waals surface area contributed by atoms with E-state index in [4.69, 9.17) is 0 Å². The third kappa shape index (κ3) is 2.28. The number of fused-ring (bicyclic) bond motifs is 1.